The van der Waals surface area contributed by atoms with Crippen molar-refractivity contribution >= 4 is 11.7 Å². The Bertz CT molecular complexity index is 463. The molecule has 20 heavy (non-hydrogen) atoms. The molecule has 0 aliphatic heterocycles. The van der Waals surface area contributed by atoms with E-state index in [1.54, 1.807) is 0 Å². The fourth-order valence-electron chi connectivity index (χ4n) is 1.64. The maximum atomic E-state index is 11.5. The molecule has 1 rings (SSSR count). The number of benzene rings is 1. The Hall–Kier alpha value is -1.84. The van der Waals surface area contributed by atoms with E-state index in [1.807, 2.05) is 24.3 Å². The average Bonchev–Trinajstić information content (AvgIpc) is 2.43. The first-order valence-electron chi connectivity index (χ1n) is 6.84. The van der Waals surface area contributed by atoms with Gasteiger partial charge in [0.1, 0.15) is 12.4 Å². The second-order valence-electron chi connectivity index (χ2n) is 5.50. The van der Waals surface area contributed by atoms with Crippen molar-refractivity contribution < 1.29 is 14.3 Å². The van der Waals surface area contributed by atoms with Crippen LogP contribution in [0.3, 0.4) is 0 Å². The monoisotopic (exact) mass is 277 g/mol. The summed E-state index contributed by atoms with van der Waals surface area (Å²) < 4.78 is 5.40. The third kappa shape index (κ3) is 5.03. The zero-order valence-electron chi connectivity index (χ0n) is 12.7. The van der Waals surface area contributed by atoms with E-state index in [-0.39, 0.29) is 30.3 Å². The topological polar surface area (TPSA) is 55.4 Å². The first kappa shape index (κ1) is 16.2. The molecule has 0 aliphatic carbocycles. The molecule has 0 unspecified atom stereocenters. The van der Waals surface area contributed by atoms with Crippen LogP contribution in [0, 0.1) is 0 Å². The van der Waals surface area contributed by atoms with Crippen LogP contribution in [0.25, 0.3) is 0 Å². The van der Waals surface area contributed by atoms with Crippen LogP contribution in [0.1, 0.15) is 39.7 Å². The molecule has 0 spiro atoms. The second-order valence-corrected chi connectivity index (χ2v) is 5.50. The number of carbonyl (C=O) groups is 2. The minimum Gasteiger partial charge on any atom is -0.486 e. The zero-order valence-corrected chi connectivity index (χ0v) is 12.7. The number of hydrogen-bond acceptors (Lipinski definition) is 3. The fraction of sp³-hybridized carbons (Fsp3) is 0.500. The van der Waals surface area contributed by atoms with Crippen LogP contribution < -0.4 is 10.1 Å². The predicted octanol–water partition coefficient (Wildman–Crippen LogP) is 2.46. The van der Waals surface area contributed by atoms with Crippen LogP contribution in [0.15, 0.2) is 24.3 Å². The fourth-order valence-corrected chi connectivity index (χ4v) is 1.64. The third-order valence-corrected chi connectivity index (χ3v) is 3.45. The van der Waals surface area contributed by atoms with Gasteiger partial charge in [-0.3, -0.25) is 9.59 Å². The minimum atomic E-state index is -0.218. The van der Waals surface area contributed by atoms with Gasteiger partial charge in [-0.2, -0.15) is 0 Å². The van der Waals surface area contributed by atoms with Gasteiger partial charge in [0.25, 0.3) is 0 Å². The number of Topliss-reactive ketones (excluding diaryl/α,β-unsaturated/α-hetero) is 1. The molecular weight excluding hydrogens is 254 g/mol. The molecule has 4 heteroatoms. The molecule has 0 bridgehead atoms. The van der Waals surface area contributed by atoms with Crippen molar-refractivity contribution in [2.24, 2.45) is 0 Å². The van der Waals surface area contributed by atoms with Gasteiger partial charge >= 0.3 is 0 Å². The van der Waals surface area contributed by atoms with Gasteiger partial charge in [-0.25, -0.2) is 0 Å². The van der Waals surface area contributed by atoms with Gasteiger partial charge in [-0.1, -0.05) is 32.9 Å². The van der Waals surface area contributed by atoms with Crippen LogP contribution in [-0.2, 0) is 15.0 Å². The predicted molar refractivity (Wildman–Crippen MR) is 78.9 cm³/mol. The Morgan fingerprint density at radius 2 is 1.80 bits per heavy atom. The van der Waals surface area contributed by atoms with E-state index in [9.17, 15) is 9.59 Å². The maximum absolute atomic E-state index is 11.5. The van der Waals surface area contributed by atoms with Crippen LogP contribution in [0.2, 0.25) is 0 Å². The number of amides is 1. The third-order valence-electron chi connectivity index (χ3n) is 3.45. The number of rotatable bonds is 7. The van der Waals surface area contributed by atoms with Gasteiger partial charge in [0.15, 0.2) is 5.78 Å². The Morgan fingerprint density at radius 3 is 2.30 bits per heavy atom. The van der Waals surface area contributed by atoms with Crippen molar-refractivity contribution in [1.82, 2.24) is 5.32 Å². The standard InChI is InChI=1S/C16H23NO3/c1-5-16(3,4)13-6-8-15(9-7-13)20-11-14(19)10-17-12(2)18/h6-9H,5,10-11H2,1-4H3,(H,17,18). The summed E-state index contributed by atoms with van der Waals surface area (Å²) in [6, 6.07) is 7.80. The SMILES string of the molecule is CCC(C)(C)c1ccc(OCC(=O)CNC(C)=O)cc1. The highest BCUT2D eigenvalue weighted by molar-refractivity contribution is 5.86. The Kier molecular flexibility index (Phi) is 5.74. The molecule has 1 aromatic carbocycles. The van der Waals surface area contributed by atoms with Gasteiger partial charge in [-0.05, 0) is 29.5 Å². The van der Waals surface area contributed by atoms with Crippen molar-refractivity contribution in [2.45, 2.75) is 39.5 Å². The molecule has 0 aliphatic rings. The highest BCUT2D eigenvalue weighted by atomic mass is 16.5. The molecular formula is C16H23NO3. The molecule has 0 atom stereocenters. The Balaban J connectivity index is 2.50. The number of hydrogen-bond donors (Lipinski definition) is 1. The summed E-state index contributed by atoms with van der Waals surface area (Å²) in [6.07, 6.45) is 1.06. The highest BCUT2D eigenvalue weighted by Gasteiger charge is 2.17. The maximum Gasteiger partial charge on any atom is 0.217 e. The number of ketones is 1. The normalized spacial score (nSPS) is 11.0. The largest absolute Gasteiger partial charge is 0.486 e. The van der Waals surface area contributed by atoms with E-state index in [2.05, 4.69) is 26.1 Å². The minimum absolute atomic E-state index is 0.0102. The first-order valence-corrected chi connectivity index (χ1v) is 6.84. The lowest BCUT2D eigenvalue weighted by atomic mass is 9.82. The van der Waals surface area contributed by atoms with E-state index in [0.717, 1.165) is 6.42 Å². The second kappa shape index (κ2) is 7.08. The summed E-state index contributed by atoms with van der Waals surface area (Å²) >= 11 is 0. The Labute approximate surface area is 120 Å². The number of carbonyl (C=O) groups excluding carboxylic acids is 2. The van der Waals surface area contributed by atoms with Crippen molar-refractivity contribution in [3.8, 4) is 5.75 Å². The number of ether oxygens (including phenoxy) is 1. The first-order chi connectivity index (χ1) is 9.35. The molecule has 0 aromatic heterocycles. The molecule has 0 fully saturated rings. The summed E-state index contributed by atoms with van der Waals surface area (Å²) in [5.74, 6) is 0.291. The summed E-state index contributed by atoms with van der Waals surface area (Å²) in [4.78, 5) is 22.1. The lowest BCUT2D eigenvalue weighted by molar-refractivity contribution is -0.124. The van der Waals surface area contributed by atoms with Crippen molar-refractivity contribution in [3.05, 3.63) is 29.8 Å². The van der Waals surface area contributed by atoms with E-state index in [1.165, 1.54) is 12.5 Å². The summed E-state index contributed by atoms with van der Waals surface area (Å²) in [5.41, 5.74) is 1.39. The van der Waals surface area contributed by atoms with E-state index < -0.39 is 0 Å². The number of nitrogens with one attached hydrogen (secondary N) is 1. The average molecular weight is 277 g/mol. The zero-order chi connectivity index (χ0) is 15.2. The van der Waals surface area contributed by atoms with Gasteiger partial charge in [0.2, 0.25) is 5.91 Å². The molecule has 4 nitrogen and oxygen atoms in total. The molecule has 0 heterocycles. The quantitative estimate of drug-likeness (QED) is 0.833. The molecule has 1 N–H and O–H groups in total. The molecule has 0 saturated heterocycles. The Morgan fingerprint density at radius 1 is 1.20 bits per heavy atom. The van der Waals surface area contributed by atoms with Gasteiger partial charge < -0.3 is 10.1 Å². The molecule has 1 aromatic rings. The lowest BCUT2D eigenvalue weighted by Gasteiger charge is -2.23. The van der Waals surface area contributed by atoms with Gasteiger partial charge in [-0.15, -0.1) is 0 Å². The molecule has 0 radical (unpaired) electrons. The van der Waals surface area contributed by atoms with Crippen molar-refractivity contribution in [1.29, 1.82) is 0 Å². The smallest absolute Gasteiger partial charge is 0.217 e. The van der Waals surface area contributed by atoms with Crippen molar-refractivity contribution in [2.75, 3.05) is 13.2 Å². The van der Waals surface area contributed by atoms with E-state index >= 15 is 0 Å². The van der Waals surface area contributed by atoms with Crippen LogP contribution >= 0.6 is 0 Å². The van der Waals surface area contributed by atoms with Crippen LogP contribution in [-0.4, -0.2) is 24.8 Å². The van der Waals surface area contributed by atoms with Crippen molar-refractivity contribution in [3.63, 3.8) is 0 Å². The van der Waals surface area contributed by atoms with Crippen LogP contribution in [0.4, 0.5) is 0 Å². The van der Waals surface area contributed by atoms with E-state index in [0.29, 0.717) is 5.75 Å². The van der Waals surface area contributed by atoms with Gasteiger partial charge in [0.05, 0.1) is 6.54 Å². The van der Waals surface area contributed by atoms with Gasteiger partial charge in [0, 0.05) is 6.92 Å². The summed E-state index contributed by atoms with van der Waals surface area (Å²) in [6.45, 7) is 7.90. The van der Waals surface area contributed by atoms with Crippen LogP contribution in [0.5, 0.6) is 5.75 Å². The van der Waals surface area contributed by atoms with E-state index in [4.69, 9.17) is 4.74 Å². The lowest BCUT2D eigenvalue weighted by Crippen LogP contribution is -2.30. The molecule has 0 saturated carbocycles. The summed E-state index contributed by atoms with van der Waals surface area (Å²) in [7, 11) is 0. The summed E-state index contributed by atoms with van der Waals surface area (Å²) in [5, 5.41) is 2.45. The molecule has 110 valence electrons. The molecule has 1 amide bonds. The highest BCUT2D eigenvalue weighted by Crippen LogP contribution is 2.27.